The van der Waals surface area contributed by atoms with E-state index < -0.39 is 46.7 Å². The van der Waals surface area contributed by atoms with E-state index in [-0.39, 0.29) is 17.5 Å². The molecule has 0 atom stereocenters. The van der Waals surface area contributed by atoms with Gasteiger partial charge >= 0.3 is 0 Å². The Morgan fingerprint density at radius 1 is 0.786 bits per heavy atom. The van der Waals surface area contributed by atoms with E-state index >= 15 is 0 Å². The van der Waals surface area contributed by atoms with Gasteiger partial charge in [0, 0.05) is 22.2 Å². The Labute approximate surface area is 242 Å². The second-order valence-electron chi connectivity index (χ2n) is 8.90. The van der Waals surface area contributed by atoms with Crippen LogP contribution >= 0.6 is 11.8 Å². The Balaban J connectivity index is 1.47. The number of carbonyl (C=O) groups excluding carboxylic acids is 3. The number of carbonyl (C=O) groups is 3. The molecule has 0 aliphatic heterocycles. The number of benzene rings is 4. The minimum absolute atomic E-state index is 0.0121. The lowest BCUT2D eigenvalue weighted by molar-refractivity contribution is -0.114. The van der Waals surface area contributed by atoms with Crippen LogP contribution < -0.4 is 16.0 Å². The Morgan fingerprint density at radius 2 is 1.45 bits per heavy atom. The van der Waals surface area contributed by atoms with Crippen LogP contribution in [0.4, 0.5) is 28.9 Å². The number of thioether (sulfide) groups is 1. The standard InChI is InChI=1S/C31H23F4N3O3S/c1-18-8-5-6-11-20(18)14-25(37-30(40)19-9-3-2-4-10-19)31(41)36-21-12-7-13-22(15-21)42-17-26(39)38-29-27(34)23(32)16-24(33)28(29)35/h2-16H,17H2,1H3,(H,36,41)(H,37,40)(H,38,39)/b25-14-. The highest BCUT2D eigenvalue weighted by molar-refractivity contribution is 8.00. The van der Waals surface area contributed by atoms with Gasteiger partial charge in [-0.15, -0.1) is 11.8 Å². The van der Waals surface area contributed by atoms with Crippen molar-refractivity contribution in [3.05, 3.63) is 131 Å². The second kappa shape index (κ2) is 13.6. The van der Waals surface area contributed by atoms with Gasteiger partial charge in [-0.1, -0.05) is 48.5 Å². The third kappa shape index (κ3) is 7.64. The van der Waals surface area contributed by atoms with Gasteiger partial charge in [0.1, 0.15) is 11.4 Å². The topological polar surface area (TPSA) is 87.3 Å². The SMILES string of the molecule is Cc1ccccc1/C=C(\NC(=O)c1ccccc1)C(=O)Nc1cccc(SCC(=O)Nc2c(F)c(F)cc(F)c2F)c1. The Hall–Kier alpha value is -4.90. The Morgan fingerprint density at radius 3 is 2.14 bits per heavy atom. The first kappa shape index (κ1) is 30.1. The summed E-state index contributed by atoms with van der Waals surface area (Å²) in [5.41, 5.74) is 1.07. The van der Waals surface area contributed by atoms with Gasteiger partial charge in [0.15, 0.2) is 23.3 Å². The molecule has 11 heteroatoms. The molecule has 0 saturated heterocycles. The summed E-state index contributed by atoms with van der Waals surface area (Å²) >= 11 is 0.950. The minimum Gasteiger partial charge on any atom is -0.321 e. The van der Waals surface area contributed by atoms with Crippen LogP contribution in [0.25, 0.3) is 6.08 Å². The first-order valence-corrected chi connectivity index (χ1v) is 13.4. The van der Waals surface area contributed by atoms with Crippen LogP contribution in [0.1, 0.15) is 21.5 Å². The van der Waals surface area contributed by atoms with E-state index in [0.29, 0.717) is 16.1 Å². The lowest BCUT2D eigenvalue weighted by Gasteiger charge is -2.13. The van der Waals surface area contributed by atoms with Gasteiger partial charge in [0.05, 0.1) is 5.75 Å². The molecule has 3 N–H and O–H groups in total. The molecule has 0 aliphatic carbocycles. The summed E-state index contributed by atoms with van der Waals surface area (Å²) in [5.74, 6) is -9.08. The van der Waals surface area contributed by atoms with E-state index in [1.165, 1.54) is 0 Å². The number of nitrogens with one attached hydrogen (secondary N) is 3. The van der Waals surface area contributed by atoms with Crippen LogP contribution in [0, 0.1) is 30.2 Å². The second-order valence-corrected chi connectivity index (χ2v) is 9.95. The molecule has 0 saturated carbocycles. The van der Waals surface area contributed by atoms with Gasteiger partial charge in [-0.3, -0.25) is 14.4 Å². The average Bonchev–Trinajstić information content (AvgIpc) is 2.98. The van der Waals surface area contributed by atoms with E-state index in [4.69, 9.17) is 0 Å². The molecular formula is C31H23F4N3O3S. The van der Waals surface area contributed by atoms with Crippen molar-refractivity contribution < 1.29 is 31.9 Å². The van der Waals surface area contributed by atoms with Crippen molar-refractivity contribution in [3.8, 4) is 0 Å². The molecule has 0 fully saturated rings. The van der Waals surface area contributed by atoms with E-state index in [9.17, 15) is 31.9 Å². The molecule has 0 unspecified atom stereocenters. The fraction of sp³-hybridized carbons (Fsp3) is 0.0645. The predicted octanol–water partition coefficient (Wildman–Crippen LogP) is 6.69. The first-order chi connectivity index (χ1) is 20.1. The van der Waals surface area contributed by atoms with Gasteiger partial charge in [-0.25, -0.2) is 17.6 Å². The summed E-state index contributed by atoms with van der Waals surface area (Å²) in [7, 11) is 0. The number of halogens is 4. The number of aryl methyl sites for hydroxylation is 1. The number of hydrogen-bond donors (Lipinski definition) is 3. The quantitative estimate of drug-likeness (QED) is 0.0874. The van der Waals surface area contributed by atoms with Gasteiger partial charge < -0.3 is 16.0 Å². The number of anilines is 2. The summed E-state index contributed by atoms with van der Waals surface area (Å²) in [6, 6.07) is 22.1. The maximum Gasteiger partial charge on any atom is 0.272 e. The van der Waals surface area contributed by atoms with E-state index in [2.05, 4.69) is 10.6 Å². The van der Waals surface area contributed by atoms with Crippen LogP contribution in [-0.2, 0) is 9.59 Å². The van der Waals surface area contributed by atoms with E-state index in [0.717, 1.165) is 22.9 Å². The van der Waals surface area contributed by atoms with Crippen LogP contribution in [0.5, 0.6) is 0 Å². The van der Waals surface area contributed by atoms with Crippen molar-refractivity contribution in [3.63, 3.8) is 0 Å². The lowest BCUT2D eigenvalue weighted by Crippen LogP contribution is -2.30. The maximum atomic E-state index is 13.9. The Kier molecular flexibility index (Phi) is 9.77. The molecule has 4 rings (SSSR count). The van der Waals surface area contributed by atoms with E-state index in [1.807, 2.05) is 24.4 Å². The smallest absolute Gasteiger partial charge is 0.272 e. The highest BCUT2D eigenvalue weighted by Crippen LogP contribution is 2.26. The van der Waals surface area contributed by atoms with Gasteiger partial charge in [-0.05, 0) is 54.5 Å². The maximum absolute atomic E-state index is 13.9. The fourth-order valence-corrected chi connectivity index (χ4v) is 4.47. The highest BCUT2D eigenvalue weighted by Gasteiger charge is 2.21. The van der Waals surface area contributed by atoms with Crippen LogP contribution in [0.2, 0.25) is 0 Å². The minimum atomic E-state index is -1.72. The van der Waals surface area contributed by atoms with E-state index in [1.54, 1.807) is 72.8 Å². The largest absolute Gasteiger partial charge is 0.321 e. The summed E-state index contributed by atoms with van der Waals surface area (Å²) in [5, 5.41) is 7.22. The van der Waals surface area contributed by atoms with Crippen molar-refractivity contribution in [1.29, 1.82) is 0 Å². The van der Waals surface area contributed by atoms with Crippen LogP contribution in [0.3, 0.4) is 0 Å². The first-order valence-electron chi connectivity index (χ1n) is 12.4. The normalized spacial score (nSPS) is 11.1. The zero-order valence-electron chi connectivity index (χ0n) is 22.0. The molecule has 0 bridgehead atoms. The Bertz CT molecular complexity index is 1650. The molecule has 42 heavy (non-hydrogen) atoms. The monoisotopic (exact) mass is 593 g/mol. The number of hydrogen-bond acceptors (Lipinski definition) is 4. The van der Waals surface area contributed by atoms with Gasteiger partial charge in [-0.2, -0.15) is 0 Å². The number of rotatable bonds is 9. The summed E-state index contributed by atoms with van der Waals surface area (Å²) in [4.78, 5) is 38.9. The van der Waals surface area contributed by atoms with Gasteiger partial charge in [0.2, 0.25) is 5.91 Å². The van der Waals surface area contributed by atoms with Crippen molar-refractivity contribution in [2.24, 2.45) is 0 Å². The fourth-order valence-electron chi connectivity index (χ4n) is 3.72. The zero-order valence-corrected chi connectivity index (χ0v) is 22.8. The third-order valence-corrected chi connectivity index (χ3v) is 6.85. The molecule has 0 aromatic heterocycles. The van der Waals surface area contributed by atoms with Crippen LogP contribution in [-0.4, -0.2) is 23.5 Å². The zero-order chi connectivity index (χ0) is 30.2. The molecule has 0 spiro atoms. The molecule has 3 amide bonds. The molecule has 4 aromatic carbocycles. The molecule has 214 valence electrons. The summed E-state index contributed by atoms with van der Waals surface area (Å²) in [6.45, 7) is 1.87. The van der Waals surface area contributed by atoms with Crippen molar-refractivity contribution in [1.82, 2.24) is 5.32 Å². The molecular weight excluding hydrogens is 570 g/mol. The number of amides is 3. The molecule has 0 radical (unpaired) electrons. The molecule has 4 aromatic rings. The van der Waals surface area contributed by atoms with Gasteiger partial charge in [0.25, 0.3) is 11.8 Å². The summed E-state index contributed by atoms with van der Waals surface area (Å²) < 4.78 is 54.6. The molecule has 0 heterocycles. The average molecular weight is 594 g/mol. The van der Waals surface area contributed by atoms with Crippen molar-refractivity contribution >= 4 is 46.9 Å². The van der Waals surface area contributed by atoms with Crippen molar-refractivity contribution in [2.75, 3.05) is 16.4 Å². The molecule has 0 aliphatic rings. The third-order valence-electron chi connectivity index (χ3n) is 5.86. The summed E-state index contributed by atoms with van der Waals surface area (Å²) in [6.07, 6.45) is 1.56. The predicted molar refractivity (Wildman–Crippen MR) is 154 cm³/mol. The van der Waals surface area contributed by atoms with Crippen LogP contribution in [0.15, 0.2) is 95.5 Å². The lowest BCUT2D eigenvalue weighted by atomic mass is 10.1. The van der Waals surface area contributed by atoms with Crippen molar-refractivity contribution in [2.45, 2.75) is 11.8 Å². The highest BCUT2D eigenvalue weighted by atomic mass is 32.2. The molecule has 6 nitrogen and oxygen atoms in total.